The average molecular weight is 441 g/mol. The molecule has 32 heavy (non-hydrogen) atoms. The smallest absolute Gasteiger partial charge is 0.330 e. The molecular weight excluding hydrogens is 408 g/mol. The van der Waals surface area contributed by atoms with Gasteiger partial charge in [-0.15, -0.1) is 0 Å². The summed E-state index contributed by atoms with van der Waals surface area (Å²) >= 11 is 0. The van der Waals surface area contributed by atoms with E-state index in [1.165, 1.54) is 4.57 Å². The van der Waals surface area contributed by atoms with Crippen LogP contribution in [0.15, 0.2) is 39.9 Å². The number of esters is 1. The van der Waals surface area contributed by atoms with Crippen LogP contribution in [0, 0.1) is 5.92 Å². The van der Waals surface area contributed by atoms with Gasteiger partial charge in [-0.25, -0.2) is 9.78 Å². The average Bonchev–Trinajstić information content (AvgIpc) is 3.17. The van der Waals surface area contributed by atoms with Crippen molar-refractivity contribution < 1.29 is 9.53 Å². The number of benzene rings is 1. The number of imidazole rings is 1. The lowest BCUT2D eigenvalue weighted by molar-refractivity contribution is -0.148. The highest BCUT2D eigenvalue weighted by Gasteiger charge is 2.28. The highest BCUT2D eigenvalue weighted by Crippen LogP contribution is 2.28. The van der Waals surface area contributed by atoms with E-state index in [-0.39, 0.29) is 24.4 Å². The molecule has 0 bridgehead atoms. The number of aromatic amines is 1. The van der Waals surface area contributed by atoms with Crippen molar-refractivity contribution in [2.24, 2.45) is 5.92 Å². The molecule has 1 N–H and O–H groups in total. The molecule has 2 aromatic heterocycles. The number of hydrogen-bond acceptors (Lipinski definition) is 5. The highest BCUT2D eigenvalue weighted by atomic mass is 16.5. The van der Waals surface area contributed by atoms with Gasteiger partial charge in [-0.2, -0.15) is 0 Å². The van der Waals surface area contributed by atoms with E-state index in [0.717, 1.165) is 24.8 Å². The van der Waals surface area contributed by atoms with E-state index in [4.69, 9.17) is 4.74 Å². The number of nitrogens with one attached hydrogen (secondary N) is 1. The number of H-pyrrole nitrogens is 1. The molecule has 0 saturated heterocycles. The molecule has 3 aromatic rings. The van der Waals surface area contributed by atoms with Gasteiger partial charge in [0.25, 0.3) is 5.56 Å². The van der Waals surface area contributed by atoms with Crippen molar-refractivity contribution >= 4 is 17.1 Å². The molecule has 0 fully saturated rings. The van der Waals surface area contributed by atoms with Crippen LogP contribution in [0.25, 0.3) is 11.2 Å². The molecule has 8 nitrogen and oxygen atoms in total. The van der Waals surface area contributed by atoms with Crippen molar-refractivity contribution in [2.45, 2.75) is 72.6 Å². The second kappa shape index (κ2) is 10.4. The molecule has 2 heterocycles. The van der Waals surface area contributed by atoms with Gasteiger partial charge in [0.15, 0.2) is 11.2 Å². The van der Waals surface area contributed by atoms with Crippen LogP contribution in [0.3, 0.4) is 0 Å². The summed E-state index contributed by atoms with van der Waals surface area (Å²) in [6.07, 6.45) is 2.53. The molecule has 0 radical (unpaired) electrons. The quantitative estimate of drug-likeness (QED) is 0.486. The van der Waals surface area contributed by atoms with Crippen LogP contribution in [-0.2, 0) is 29.2 Å². The predicted octanol–water partition coefficient (Wildman–Crippen LogP) is 3.58. The second-order valence-electron chi connectivity index (χ2n) is 8.09. The van der Waals surface area contributed by atoms with E-state index in [0.29, 0.717) is 30.1 Å². The zero-order chi connectivity index (χ0) is 23.3. The Kier molecular flexibility index (Phi) is 7.66. The Bertz CT molecular complexity index is 1180. The Morgan fingerprint density at radius 3 is 2.47 bits per heavy atom. The first-order valence-corrected chi connectivity index (χ1v) is 11.4. The van der Waals surface area contributed by atoms with Gasteiger partial charge < -0.3 is 9.30 Å². The standard InChI is InChI=1S/C24H32N4O4/c1-5-8-14-28-21-20(22(29)26-24(28)31)27(7-3)18(25-21)15-32-23(30)19(16(4)6-2)17-12-10-9-11-13-17/h9-13,16,19H,5-8,14-15H2,1-4H3,(H,26,29,31)/t16-,19-/m0/s1. The van der Waals surface area contributed by atoms with Crippen LogP contribution in [0.5, 0.6) is 0 Å². The lowest BCUT2D eigenvalue weighted by Crippen LogP contribution is -2.31. The number of carbonyl (C=O) groups excluding carboxylic acids is 1. The molecule has 1 aromatic carbocycles. The SMILES string of the molecule is CCCCn1c(=O)[nH]c(=O)c2c1nc(COC(=O)[C@H](c1ccccc1)[C@@H](C)CC)n2CC. The van der Waals surface area contributed by atoms with E-state index >= 15 is 0 Å². The summed E-state index contributed by atoms with van der Waals surface area (Å²) in [5.41, 5.74) is 0.630. The molecule has 172 valence electrons. The maximum absolute atomic E-state index is 13.1. The third-order valence-corrected chi connectivity index (χ3v) is 5.99. The van der Waals surface area contributed by atoms with Crippen molar-refractivity contribution in [3.63, 3.8) is 0 Å². The number of unbranched alkanes of at least 4 members (excludes halogenated alkanes) is 1. The number of hydrogen-bond donors (Lipinski definition) is 1. The van der Waals surface area contributed by atoms with E-state index < -0.39 is 11.2 Å². The minimum absolute atomic E-state index is 0.0669. The lowest BCUT2D eigenvalue weighted by Gasteiger charge is -2.22. The topological polar surface area (TPSA) is 99.0 Å². The zero-order valence-electron chi connectivity index (χ0n) is 19.3. The van der Waals surface area contributed by atoms with Gasteiger partial charge in [0.2, 0.25) is 0 Å². The number of nitrogens with zero attached hydrogens (tertiary/aromatic N) is 3. The zero-order valence-corrected chi connectivity index (χ0v) is 19.3. The van der Waals surface area contributed by atoms with Crippen molar-refractivity contribution in [3.05, 3.63) is 62.6 Å². The first-order chi connectivity index (χ1) is 15.4. The fourth-order valence-corrected chi connectivity index (χ4v) is 4.01. The minimum Gasteiger partial charge on any atom is -0.457 e. The number of ether oxygens (including phenoxy) is 1. The number of aryl methyl sites for hydroxylation is 2. The van der Waals surface area contributed by atoms with Gasteiger partial charge >= 0.3 is 11.7 Å². The summed E-state index contributed by atoms with van der Waals surface area (Å²) in [5.74, 6) is -0.144. The monoisotopic (exact) mass is 440 g/mol. The summed E-state index contributed by atoms with van der Waals surface area (Å²) in [4.78, 5) is 44.9. The van der Waals surface area contributed by atoms with Crippen LogP contribution in [0.2, 0.25) is 0 Å². The molecule has 3 rings (SSSR count). The molecule has 0 aliphatic heterocycles. The third kappa shape index (κ3) is 4.69. The maximum Gasteiger partial charge on any atom is 0.330 e. The summed E-state index contributed by atoms with van der Waals surface area (Å²) in [6, 6.07) is 9.62. The van der Waals surface area contributed by atoms with Crippen LogP contribution in [0.4, 0.5) is 0 Å². The minimum atomic E-state index is -0.480. The Morgan fingerprint density at radius 1 is 1.12 bits per heavy atom. The number of aromatic nitrogens is 4. The van der Waals surface area contributed by atoms with E-state index in [1.807, 2.05) is 58.0 Å². The number of carbonyl (C=O) groups is 1. The van der Waals surface area contributed by atoms with Gasteiger partial charge in [-0.3, -0.25) is 19.1 Å². The Morgan fingerprint density at radius 2 is 1.84 bits per heavy atom. The Hall–Kier alpha value is -3.16. The summed E-state index contributed by atoms with van der Waals surface area (Å²) in [5, 5.41) is 0. The third-order valence-electron chi connectivity index (χ3n) is 5.99. The van der Waals surface area contributed by atoms with Gasteiger partial charge in [-0.05, 0) is 24.8 Å². The van der Waals surface area contributed by atoms with Gasteiger partial charge in [0.1, 0.15) is 12.4 Å². The summed E-state index contributed by atoms with van der Waals surface area (Å²) in [6.45, 7) is 8.86. The summed E-state index contributed by atoms with van der Waals surface area (Å²) < 4.78 is 8.91. The molecule has 0 spiro atoms. The lowest BCUT2D eigenvalue weighted by atomic mass is 9.86. The predicted molar refractivity (Wildman–Crippen MR) is 124 cm³/mol. The van der Waals surface area contributed by atoms with Crippen molar-refractivity contribution in [3.8, 4) is 0 Å². The molecule has 2 atom stereocenters. The molecule has 0 saturated carbocycles. The van der Waals surface area contributed by atoms with Crippen LogP contribution in [-0.4, -0.2) is 25.1 Å². The molecule has 0 aliphatic carbocycles. The number of fused-ring (bicyclic) bond motifs is 1. The maximum atomic E-state index is 13.1. The molecular formula is C24H32N4O4. The molecule has 0 aliphatic rings. The van der Waals surface area contributed by atoms with Crippen molar-refractivity contribution in [1.82, 2.24) is 19.1 Å². The first-order valence-electron chi connectivity index (χ1n) is 11.4. The molecule has 8 heteroatoms. The van der Waals surface area contributed by atoms with Crippen molar-refractivity contribution in [1.29, 1.82) is 0 Å². The van der Waals surface area contributed by atoms with Crippen molar-refractivity contribution in [2.75, 3.05) is 0 Å². The Labute approximate surface area is 187 Å². The largest absolute Gasteiger partial charge is 0.457 e. The van der Waals surface area contributed by atoms with Crippen LogP contribution >= 0.6 is 0 Å². The highest BCUT2D eigenvalue weighted by molar-refractivity contribution is 5.78. The van der Waals surface area contributed by atoms with Crippen LogP contribution < -0.4 is 11.2 Å². The van der Waals surface area contributed by atoms with E-state index in [2.05, 4.69) is 9.97 Å². The fourth-order valence-electron chi connectivity index (χ4n) is 4.01. The van der Waals surface area contributed by atoms with E-state index in [9.17, 15) is 14.4 Å². The molecule has 0 amide bonds. The number of rotatable bonds is 10. The Balaban J connectivity index is 1.94. The normalized spacial score (nSPS) is 13.2. The molecule has 0 unspecified atom stereocenters. The second-order valence-corrected chi connectivity index (χ2v) is 8.09. The fraction of sp³-hybridized carbons (Fsp3) is 0.500. The van der Waals surface area contributed by atoms with Gasteiger partial charge in [-0.1, -0.05) is 63.9 Å². The summed E-state index contributed by atoms with van der Waals surface area (Å²) in [7, 11) is 0. The van der Waals surface area contributed by atoms with E-state index in [1.54, 1.807) is 4.57 Å². The van der Waals surface area contributed by atoms with Gasteiger partial charge in [0.05, 0.1) is 5.92 Å². The first kappa shape index (κ1) is 23.5. The van der Waals surface area contributed by atoms with Crippen LogP contribution in [0.1, 0.15) is 64.3 Å². The van der Waals surface area contributed by atoms with Gasteiger partial charge in [0, 0.05) is 13.1 Å².